The van der Waals surface area contributed by atoms with Crippen LogP contribution in [-0.2, 0) is 6.42 Å². The number of aromatic nitrogens is 4. The van der Waals surface area contributed by atoms with Crippen molar-refractivity contribution in [1.82, 2.24) is 19.9 Å². The van der Waals surface area contributed by atoms with Crippen molar-refractivity contribution in [2.45, 2.75) is 6.42 Å². The van der Waals surface area contributed by atoms with E-state index in [1.165, 1.54) is 6.07 Å². The van der Waals surface area contributed by atoms with Gasteiger partial charge >= 0.3 is 0 Å². The molecule has 0 aliphatic heterocycles. The molecule has 0 fully saturated rings. The minimum atomic E-state index is -0.576. The zero-order valence-corrected chi connectivity index (χ0v) is 14.3. The Balaban J connectivity index is 1.45. The Morgan fingerprint density at radius 3 is 2.63 bits per heavy atom. The summed E-state index contributed by atoms with van der Waals surface area (Å²) in [6, 6.07) is 15.6. The van der Waals surface area contributed by atoms with Crippen molar-refractivity contribution >= 4 is 5.82 Å². The molecule has 6 nitrogen and oxygen atoms in total. The number of aromatic amines is 1. The van der Waals surface area contributed by atoms with E-state index in [1.54, 1.807) is 24.5 Å². The number of H-pyrrole nitrogens is 1. The van der Waals surface area contributed by atoms with E-state index in [2.05, 4.69) is 19.9 Å². The lowest BCUT2D eigenvalue weighted by Crippen LogP contribution is -1.94. The van der Waals surface area contributed by atoms with E-state index in [-0.39, 0.29) is 5.88 Å². The number of anilines is 1. The molecule has 0 radical (unpaired) electrons. The molecule has 4 rings (SSSR count). The number of nitrogens with one attached hydrogen (secondary N) is 1. The highest BCUT2D eigenvalue weighted by molar-refractivity contribution is 5.67. The first-order valence-electron chi connectivity index (χ1n) is 8.31. The lowest BCUT2D eigenvalue weighted by atomic mass is 10.1. The molecule has 0 bridgehead atoms. The molecule has 0 amide bonds. The number of halogens is 1. The zero-order chi connectivity index (χ0) is 18.6. The predicted molar refractivity (Wildman–Crippen MR) is 99.7 cm³/mol. The highest BCUT2D eigenvalue weighted by Gasteiger charge is 2.08. The fraction of sp³-hybridized carbons (Fsp3) is 0.0500. The van der Waals surface area contributed by atoms with Crippen LogP contribution in [0.2, 0.25) is 0 Å². The summed E-state index contributed by atoms with van der Waals surface area (Å²) in [4.78, 5) is 15.4. The summed E-state index contributed by atoms with van der Waals surface area (Å²) >= 11 is 0. The largest absolute Gasteiger partial charge is 0.439 e. The number of hydrogen-bond acceptors (Lipinski definition) is 5. The molecule has 0 aliphatic carbocycles. The van der Waals surface area contributed by atoms with Gasteiger partial charge in [-0.1, -0.05) is 18.2 Å². The van der Waals surface area contributed by atoms with Crippen molar-refractivity contribution in [2.24, 2.45) is 0 Å². The van der Waals surface area contributed by atoms with E-state index >= 15 is 0 Å². The third kappa shape index (κ3) is 3.92. The number of hydrogen-bond donors (Lipinski definition) is 2. The maximum atomic E-state index is 13.1. The van der Waals surface area contributed by atoms with Gasteiger partial charge in [0.05, 0.1) is 5.56 Å². The van der Waals surface area contributed by atoms with E-state index in [9.17, 15) is 4.39 Å². The number of nitrogens with two attached hydrogens (primary N) is 1. The highest BCUT2D eigenvalue weighted by atomic mass is 19.1. The average Bonchev–Trinajstić information content (AvgIpc) is 3.12. The number of ether oxygens (including phenoxy) is 1. The SMILES string of the molecule is Nc1ncccc1-c1ncc(Cc2ccc(Oc3cccc(F)n3)cc2)[nH]1. The normalized spacial score (nSPS) is 10.7. The summed E-state index contributed by atoms with van der Waals surface area (Å²) in [5.74, 6) is 1.35. The van der Waals surface area contributed by atoms with E-state index in [0.717, 1.165) is 16.8 Å². The van der Waals surface area contributed by atoms with Crippen LogP contribution in [0.25, 0.3) is 11.4 Å². The first-order valence-corrected chi connectivity index (χ1v) is 8.31. The van der Waals surface area contributed by atoms with Crippen LogP contribution in [0.4, 0.5) is 10.2 Å². The van der Waals surface area contributed by atoms with E-state index in [4.69, 9.17) is 10.5 Å². The Hall–Kier alpha value is -3.74. The van der Waals surface area contributed by atoms with Crippen LogP contribution in [0.15, 0.2) is 67.0 Å². The smallest absolute Gasteiger partial charge is 0.221 e. The zero-order valence-electron chi connectivity index (χ0n) is 14.3. The standard InChI is InChI=1S/C20H16FN5O/c21-17-4-1-5-18(26-17)27-15-8-6-13(7-9-15)11-14-12-24-20(25-14)16-3-2-10-23-19(16)22/h1-10,12H,11H2,(H2,22,23)(H,24,25). The predicted octanol–water partition coefficient (Wildman–Crippen LogP) is 3.97. The molecular formula is C20H16FN5O. The van der Waals surface area contributed by atoms with Crippen LogP contribution in [0.3, 0.4) is 0 Å². The lowest BCUT2D eigenvalue weighted by Gasteiger charge is -2.06. The second kappa shape index (κ2) is 7.25. The summed E-state index contributed by atoms with van der Waals surface area (Å²) in [5, 5.41) is 0. The summed E-state index contributed by atoms with van der Waals surface area (Å²) in [6.07, 6.45) is 4.10. The van der Waals surface area contributed by atoms with Gasteiger partial charge in [-0.05, 0) is 35.9 Å². The van der Waals surface area contributed by atoms with Gasteiger partial charge in [0.15, 0.2) is 0 Å². The van der Waals surface area contributed by atoms with Gasteiger partial charge in [0.2, 0.25) is 11.8 Å². The number of benzene rings is 1. The quantitative estimate of drug-likeness (QED) is 0.525. The van der Waals surface area contributed by atoms with Gasteiger partial charge in [0, 0.05) is 30.6 Å². The number of nitrogen functional groups attached to an aromatic ring is 1. The van der Waals surface area contributed by atoms with Crippen LogP contribution in [-0.4, -0.2) is 19.9 Å². The second-order valence-electron chi connectivity index (χ2n) is 5.91. The van der Waals surface area contributed by atoms with Gasteiger partial charge in [-0.15, -0.1) is 0 Å². The average molecular weight is 361 g/mol. The molecule has 0 atom stereocenters. The van der Waals surface area contributed by atoms with Gasteiger partial charge in [-0.3, -0.25) is 0 Å². The Kier molecular flexibility index (Phi) is 4.49. The molecule has 0 unspecified atom stereocenters. The molecular weight excluding hydrogens is 345 g/mol. The Bertz CT molecular complexity index is 1060. The van der Waals surface area contributed by atoms with Crippen molar-refractivity contribution in [1.29, 1.82) is 0 Å². The lowest BCUT2D eigenvalue weighted by molar-refractivity contribution is 0.445. The summed E-state index contributed by atoms with van der Waals surface area (Å²) in [6.45, 7) is 0. The van der Waals surface area contributed by atoms with Crippen LogP contribution in [0.5, 0.6) is 11.6 Å². The molecule has 0 saturated heterocycles. The number of imidazole rings is 1. The van der Waals surface area contributed by atoms with Crippen molar-refractivity contribution in [3.05, 3.63) is 84.2 Å². The van der Waals surface area contributed by atoms with Crippen molar-refractivity contribution in [3.8, 4) is 23.0 Å². The van der Waals surface area contributed by atoms with Gasteiger partial charge in [-0.25, -0.2) is 9.97 Å². The first kappa shape index (κ1) is 16.7. The molecule has 0 aliphatic rings. The highest BCUT2D eigenvalue weighted by Crippen LogP contribution is 2.23. The van der Waals surface area contributed by atoms with Crippen LogP contribution in [0.1, 0.15) is 11.3 Å². The molecule has 27 heavy (non-hydrogen) atoms. The van der Waals surface area contributed by atoms with Crippen LogP contribution in [0, 0.1) is 5.95 Å². The molecule has 7 heteroatoms. The maximum absolute atomic E-state index is 13.1. The third-order valence-electron chi connectivity index (χ3n) is 3.95. The Morgan fingerprint density at radius 1 is 1.00 bits per heavy atom. The van der Waals surface area contributed by atoms with Gasteiger partial charge in [0.1, 0.15) is 17.4 Å². The fourth-order valence-electron chi connectivity index (χ4n) is 2.67. The summed E-state index contributed by atoms with van der Waals surface area (Å²) in [7, 11) is 0. The minimum absolute atomic E-state index is 0.218. The molecule has 3 N–H and O–H groups in total. The fourth-order valence-corrected chi connectivity index (χ4v) is 2.67. The number of rotatable bonds is 5. The molecule has 1 aromatic carbocycles. The van der Waals surface area contributed by atoms with Crippen molar-refractivity contribution in [3.63, 3.8) is 0 Å². The van der Waals surface area contributed by atoms with Crippen molar-refractivity contribution < 1.29 is 9.13 Å². The van der Waals surface area contributed by atoms with Gasteiger partial charge in [0.25, 0.3) is 0 Å². The first-order chi connectivity index (χ1) is 13.2. The van der Waals surface area contributed by atoms with Gasteiger partial charge < -0.3 is 15.5 Å². The monoisotopic (exact) mass is 361 g/mol. The molecule has 3 aromatic heterocycles. The van der Waals surface area contributed by atoms with E-state index in [1.807, 2.05) is 36.4 Å². The van der Waals surface area contributed by atoms with Crippen molar-refractivity contribution in [2.75, 3.05) is 5.73 Å². The van der Waals surface area contributed by atoms with E-state index < -0.39 is 5.95 Å². The molecule has 3 heterocycles. The summed E-state index contributed by atoms with van der Waals surface area (Å²) < 4.78 is 18.7. The second-order valence-corrected chi connectivity index (χ2v) is 5.91. The minimum Gasteiger partial charge on any atom is -0.439 e. The maximum Gasteiger partial charge on any atom is 0.221 e. The Labute approximate surface area is 154 Å². The van der Waals surface area contributed by atoms with E-state index in [0.29, 0.717) is 23.8 Å². The third-order valence-corrected chi connectivity index (χ3v) is 3.95. The van der Waals surface area contributed by atoms with Gasteiger partial charge in [-0.2, -0.15) is 9.37 Å². The summed E-state index contributed by atoms with van der Waals surface area (Å²) in [5.41, 5.74) is 8.69. The van der Waals surface area contributed by atoms with Crippen LogP contribution >= 0.6 is 0 Å². The molecule has 0 spiro atoms. The topological polar surface area (TPSA) is 89.7 Å². The molecule has 0 saturated carbocycles. The van der Waals surface area contributed by atoms with Crippen LogP contribution < -0.4 is 10.5 Å². The Morgan fingerprint density at radius 2 is 1.85 bits per heavy atom. The molecule has 4 aromatic rings. The molecule has 134 valence electrons. The number of pyridine rings is 2. The number of nitrogens with zero attached hydrogens (tertiary/aromatic N) is 3.